The molecule has 0 radical (unpaired) electrons. The molecule has 0 amide bonds. The molecule has 0 aromatic rings. The van der Waals surface area contributed by atoms with Crippen LogP contribution in [-0.4, -0.2) is 149 Å². The number of aliphatic hydroxyl groups excluding tert-OH is 3. The summed E-state index contributed by atoms with van der Waals surface area (Å²) < 4.78 is 49.0. The second kappa shape index (κ2) is 16.8. The number of esters is 1. The topological polar surface area (TPSA) is 192 Å². The molecule has 53 heavy (non-hydrogen) atoms. The molecule has 0 bridgehead atoms. The molecule has 4 fully saturated rings. The molecule has 0 aliphatic carbocycles. The second-order valence-corrected chi connectivity index (χ2v) is 17.1. The monoisotopic (exact) mass is 761 g/mol. The lowest BCUT2D eigenvalue weighted by atomic mass is 9.73. The molecule has 15 nitrogen and oxygen atoms in total. The highest BCUT2D eigenvalue weighted by atomic mass is 16.8. The predicted molar refractivity (Wildman–Crippen MR) is 190 cm³/mol. The molecule has 0 aromatic heterocycles. The zero-order chi connectivity index (χ0) is 40.0. The van der Waals surface area contributed by atoms with Gasteiger partial charge in [-0.05, 0) is 80.8 Å². The maximum absolute atomic E-state index is 14.3. The van der Waals surface area contributed by atoms with Crippen LogP contribution in [0.15, 0.2) is 0 Å². The van der Waals surface area contributed by atoms with Gasteiger partial charge in [0.05, 0.1) is 47.6 Å². The fourth-order valence-corrected chi connectivity index (χ4v) is 9.21. The molecule has 4 aliphatic rings. The van der Waals surface area contributed by atoms with Crippen LogP contribution in [0.4, 0.5) is 4.79 Å². The SMILES string of the molecule is CC[C@H]1OC(=O)[C@H](C)[C@@H](O[C@H]2C[C@@](C)(OC)[C@@H](O)[C@H](C)O2)[C@H](C)[C@@H](O[C@H]2O[C@@H](C)C[C@@H](N(C)C)[C@@H]2O)[C@](C)(O)C[C@@H](C)[C@H](O)[C@H](C)[C@H]2OC(=O)O[C@@]21C. The Balaban J connectivity index is 1.84. The van der Waals surface area contributed by atoms with Gasteiger partial charge in [0.15, 0.2) is 24.3 Å². The summed E-state index contributed by atoms with van der Waals surface area (Å²) in [6.07, 6.45) is -10.4. The molecule has 0 spiro atoms. The molecule has 0 aromatic carbocycles. The van der Waals surface area contributed by atoms with E-state index in [9.17, 15) is 30.0 Å². The third kappa shape index (κ3) is 9.00. The summed E-state index contributed by atoms with van der Waals surface area (Å²) in [6, 6.07) is -0.308. The molecular weight excluding hydrogens is 694 g/mol. The van der Waals surface area contributed by atoms with Crippen LogP contribution in [0.5, 0.6) is 0 Å². The zero-order valence-electron chi connectivity index (χ0n) is 33.9. The van der Waals surface area contributed by atoms with E-state index in [1.807, 2.05) is 25.9 Å². The number of ether oxygens (including phenoxy) is 8. The van der Waals surface area contributed by atoms with E-state index < -0.39 is 114 Å². The van der Waals surface area contributed by atoms with Crippen molar-refractivity contribution in [2.45, 2.75) is 185 Å². The van der Waals surface area contributed by atoms with E-state index in [1.165, 1.54) is 7.11 Å². The number of nitrogens with zero attached hydrogens (tertiary/aromatic N) is 1. The van der Waals surface area contributed by atoms with Crippen molar-refractivity contribution in [1.82, 2.24) is 4.90 Å². The van der Waals surface area contributed by atoms with Crippen LogP contribution in [0.3, 0.4) is 0 Å². The Morgan fingerprint density at radius 3 is 2.11 bits per heavy atom. The number of aliphatic hydroxyl groups is 4. The van der Waals surface area contributed by atoms with E-state index in [0.717, 1.165) is 0 Å². The van der Waals surface area contributed by atoms with Gasteiger partial charge in [0.1, 0.15) is 18.3 Å². The minimum Gasteiger partial charge on any atom is -0.458 e. The van der Waals surface area contributed by atoms with Crippen molar-refractivity contribution < 1.29 is 67.9 Å². The molecule has 4 heterocycles. The van der Waals surface area contributed by atoms with Gasteiger partial charge in [-0.2, -0.15) is 0 Å². The van der Waals surface area contributed by atoms with Gasteiger partial charge in [-0.1, -0.05) is 27.7 Å². The molecule has 19 atom stereocenters. The van der Waals surface area contributed by atoms with Crippen LogP contribution in [0, 0.1) is 23.7 Å². The van der Waals surface area contributed by atoms with Crippen molar-refractivity contribution in [1.29, 1.82) is 0 Å². The number of rotatable bonds is 7. The summed E-state index contributed by atoms with van der Waals surface area (Å²) in [5.41, 5.74) is -4.20. The smallest absolute Gasteiger partial charge is 0.458 e. The predicted octanol–water partition coefficient (Wildman–Crippen LogP) is 2.76. The number of fused-ring (bicyclic) bond motifs is 1. The molecule has 4 N–H and O–H groups in total. The van der Waals surface area contributed by atoms with Crippen molar-refractivity contribution in [2.75, 3.05) is 21.2 Å². The van der Waals surface area contributed by atoms with Crippen LogP contribution in [0.2, 0.25) is 0 Å². The zero-order valence-corrected chi connectivity index (χ0v) is 33.9. The summed E-state index contributed by atoms with van der Waals surface area (Å²) in [4.78, 5) is 28.9. The number of likely N-dealkylation sites (N-methyl/N-ethyl adjacent to an activating group) is 1. The summed E-state index contributed by atoms with van der Waals surface area (Å²) in [5.74, 6) is -3.78. The van der Waals surface area contributed by atoms with Gasteiger partial charge in [-0.25, -0.2) is 4.79 Å². The maximum Gasteiger partial charge on any atom is 0.509 e. The molecule has 0 saturated carbocycles. The van der Waals surface area contributed by atoms with Gasteiger partial charge in [-0.3, -0.25) is 4.79 Å². The number of carbonyl (C=O) groups is 2. The molecular formula is C38H67NO14. The third-order valence-corrected chi connectivity index (χ3v) is 12.5. The molecule has 4 aliphatic heterocycles. The first-order valence-corrected chi connectivity index (χ1v) is 19.2. The molecule has 308 valence electrons. The summed E-state index contributed by atoms with van der Waals surface area (Å²) >= 11 is 0. The van der Waals surface area contributed by atoms with Crippen LogP contribution in [-0.2, 0) is 42.7 Å². The number of carbonyl (C=O) groups excluding carboxylic acids is 2. The number of hydrogen-bond acceptors (Lipinski definition) is 15. The van der Waals surface area contributed by atoms with E-state index in [2.05, 4.69) is 0 Å². The van der Waals surface area contributed by atoms with Gasteiger partial charge in [0.25, 0.3) is 0 Å². The van der Waals surface area contributed by atoms with E-state index in [0.29, 0.717) is 6.42 Å². The van der Waals surface area contributed by atoms with Crippen molar-refractivity contribution in [3.8, 4) is 0 Å². The summed E-state index contributed by atoms with van der Waals surface area (Å²) in [5, 5.41) is 46.8. The van der Waals surface area contributed by atoms with Crippen molar-refractivity contribution in [2.24, 2.45) is 23.7 Å². The normalized spacial score (nSPS) is 50.5. The van der Waals surface area contributed by atoms with E-state index >= 15 is 0 Å². The largest absolute Gasteiger partial charge is 0.509 e. The quantitative estimate of drug-likeness (QED) is 0.277. The van der Waals surface area contributed by atoms with Crippen LogP contribution < -0.4 is 0 Å². The van der Waals surface area contributed by atoms with Crippen LogP contribution in [0.1, 0.15) is 94.9 Å². The van der Waals surface area contributed by atoms with Crippen molar-refractivity contribution >= 4 is 12.1 Å². The van der Waals surface area contributed by atoms with Crippen LogP contribution >= 0.6 is 0 Å². The van der Waals surface area contributed by atoms with Gasteiger partial charge in [0, 0.05) is 31.4 Å². The number of cyclic esters (lactones) is 1. The molecule has 4 saturated heterocycles. The fraction of sp³-hybridized carbons (Fsp3) is 0.947. The average molecular weight is 762 g/mol. The van der Waals surface area contributed by atoms with Gasteiger partial charge < -0.3 is 63.2 Å². The second-order valence-electron chi connectivity index (χ2n) is 17.1. The Hall–Kier alpha value is -1.66. The lowest BCUT2D eigenvalue weighted by molar-refractivity contribution is -0.318. The lowest BCUT2D eigenvalue weighted by Crippen LogP contribution is -2.61. The third-order valence-electron chi connectivity index (χ3n) is 12.5. The van der Waals surface area contributed by atoms with E-state index in [-0.39, 0.29) is 31.4 Å². The molecule has 15 heteroatoms. The minimum absolute atomic E-state index is 0.00508. The summed E-state index contributed by atoms with van der Waals surface area (Å²) in [7, 11) is 5.22. The van der Waals surface area contributed by atoms with Gasteiger partial charge in [0.2, 0.25) is 0 Å². The van der Waals surface area contributed by atoms with Crippen molar-refractivity contribution in [3.05, 3.63) is 0 Å². The molecule has 4 rings (SSSR count). The maximum atomic E-state index is 14.3. The first kappa shape index (κ1) is 44.1. The number of methoxy groups -OCH3 is 1. The average Bonchev–Trinajstić information content (AvgIpc) is 3.40. The standard InChI is InChI=1S/C38H67NO14/c1-14-25-38(10)32(52-35(44)53-38)20(4)27(40)18(2)16-36(8,45)31(51-34-28(41)24(39(11)12)15-19(3)47-34)21(5)29(22(6)33(43)49-25)50-26-17-37(9,46-13)30(42)23(7)48-26/h18-32,34,40-42,45H,14-17H2,1-13H3/t18-,19+,20+,21+,22-,23+,24-,25-,26+,27+,28+,29+,30+,31-,32-,34-,36-,37-,38-/m1/s1. The molecule has 0 unspecified atom stereocenters. The Morgan fingerprint density at radius 1 is 0.887 bits per heavy atom. The Labute approximate surface area is 314 Å². The fourth-order valence-electron chi connectivity index (χ4n) is 9.21. The van der Waals surface area contributed by atoms with Gasteiger partial charge >= 0.3 is 12.1 Å². The first-order valence-electron chi connectivity index (χ1n) is 19.2. The van der Waals surface area contributed by atoms with E-state index in [4.69, 9.17) is 37.9 Å². The van der Waals surface area contributed by atoms with Gasteiger partial charge in [-0.15, -0.1) is 0 Å². The van der Waals surface area contributed by atoms with Crippen molar-refractivity contribution in [3.63, 3.8) is 0 Å². The highest BCUT2D eigenvalue weighted by Gasteiger charge is 2.59. The number of hydrogen-bond donors (Lipinski definition) is 4. The highest BCUT2D eigenvalue weighted by Crippen LogP contribution is 2.44. The lowest BCUT2D eigenvalue weighted by Gasteiger charge is -2.49. The summed E-state index contributed by atoms with van der Waals surface area (Å²) in [6.45, 7) is 17.3. The minimum atomic E-state index is -1.72. The highest BCUT2D eigenvalue weighted by molar-refractivity contribution is 5.73. The Bertz CT molecular complexity index is 1250. The Kier molecular flexibility index (Phi) is 14.0. The first-order chi connectivity index (χ1) is 24.5. The Morgan fingerprint density at radius 2 is 1.53 bits per heavy atom. The van der Waals surface area contributed by atoms with Crippen LogP contribution in [0.25, 0.3) is 0 Å². The van der Waals surface area contributed by atoms with E-state index in [1.54, 1.807) is 62.3 Å².